The molecule has 5 heteroatoms. The van der Waals surface area contributed by atoms with Gasteiger partial charge in [0.05, 0.1) is 5.02 Å². The molecule has 3 nitrogen and oxygen atoms in total. The number of hydrogen-bond donors (Lipinski definition) is 1. The Morgan fingerprint density at radius 1 is 1.45 bits per heavy atom. The van der Waals surface area contributed by atoms with Crippen molar-refractivity contribution in [3.63, 3.8) is 0 Å². The minimum absolute atomic E-state index is 0.430. The Kier molecular flexibility index (Phi) is 6.38. The maximum atomic E-state index is 11.4. The molecule has 0 aliphatic rings. The molecule has 1 N–H and O–H groups in total. The quantitative estimate of drug-likeness (QED) is 0.630. The first kappa shape index (κ1) is 16.9. The molecule has 0 aromatic heterocycles. The van der Waals surface area contributed by atoms with Crippen LogP contribution in [0, 0.1) is 11.8 Å². The van der Waals surface area contributed by atoms with Gasteiger partial charge in [0, 0.05) is 23.0 Å². The van der Waals surface area contributed by atoms with E-state index in [4.69, 9.17) is 16.3 Å². The molecular weight excluding hydrogens is 342 g/mol. The van der Waals surface area contributed by atoms with Gasteiger partial charge in [-0.25, -0.2) is 4.79 Å². The minimum Gasteiger partial charge on any atom is -0.444 e. The van der Waals surface area contributed by atoms with E-state index < -0.39 is 11.7 Å². The highest BCUT2D eigenvalue weighted by Crippen LogP contribution is 2.20. The Bertz CT molecular complexity index is 541. The largest absolute Gasteiger partial charge is 0.444 e. The summed E-state index contributed by atoms with van der Waals surface area (Å²) < 4.78 is 6.03. The van der Waals surface area contributed by atoms with Gasteiger partial charge in [0.2, 0.25) is 0 Å². The van der Waals surface area contributed by atoms with E-state index >= 15 is 0 Å². The van der Waals surface area contributed by atoms with Crippen LogP contribution >= 0.6 is 27.5 Å². The zero-order valence-electron chi connectivity index (χ0n) is 11.7. The highest BCUT2D eigenvalue weighted by molar-refractivity contribution is 9.10. The summed E-state index contributed by atoms with van der Waals surface area (Å²) in [6.07, 6.45) is 0.104. The van der Waals surface area contributed by atoms with E-state index in [-0.39, 0.29) is 0 Å². The lowest BCUT2D eigenvalue weighted by atomic mass is 10.2. The number of carbonyl (C=O) groups excluding carboxylic acids is 1. The van der Waals surface area contributed by atoms with Gasteiger partial charge in [0.1, 0.15) is 5.60 Å². The fraction of sp³-hybridized carbons (Fsp3) is 0.400. The predicted molar refractivity (Wildman–Crippen MR) is 84.9 cm³/mol. The Labute approximate surface area is 133 Å². The van der Waals surface area contributed by atoms with Gasteiger partial charge in [-0.2, -0.15) is 0 Å². The van der Waals surface area contributed by atoms with Crippen LogP contribution in [0.4, 0.5) is 4.79 Å². The summed E-state index contributed by atoms with van der Waals surface area (Å²) in [6, 6.07) is 5.53. The van der Waals surface area contributed by atoms with E-state index in [2.05, 4.69) is 33.1 Å². The summed E-state index contributed by atoms with van der Waals surface area (Å²) in [6.45, 7) is 5.90. The molecule has 20 heavy (non-hydrogen) atoms. The normalized spacial score (nSPS) is 10.4. The van der Waals surface area contributed by atoms with Crippen molar-refractivity contribution in [1.29, 1.82) is 0 Å². The van der Waals surface area contributed by atoms with Crippen LogP contribution in [0.2, 0.25) is 5.02 Å². The van der Waals surface area contributed by atoms with E-state index in [0.717, 1.165) is 10.0 Å². The summed E-state index contributed by atoms with van der Waals surface area (Å²) in [7, 11) is 0. The third kappa shape index (κ3) is 6.83. The molecule has 0 radical (unpaired) electrons. The molecule has 0 aliphatic carbocycles. The monoisotopic (exact) mass is 357 g/mol. The third-order valence-corrected chi connectivity index (χ3v) is 2.88. The number of rotatable bonds is 2. The van der Waals surface area contributed by atoms with Crippen molar-refractivity contribution in [1.82, 2.24) is 5.32 Å². The molecule has 0 saturated carbocycles. The van der Waals surface area contributed by atoms with Crippen molar-refractivity contribution in [2.24, 2.45) is 0 Å². The number of carbonyl (C=O) groups is 1. The van der Waals surface area contributed by atoms with Gasteiger partial charge in [-0.05, 0) is 39.0 Å². The van der Waals surface area contributed by atoms with E-state index in [1.54, 1.807) is 6.07 Å². The molecule has 0 spiro atoms. The second kappa shape index (κ2) is 7.56. The van der Waals surface area contributed by atoms with Crippen molar-refractivity contribution in [2.45, 2.75) is 32.8 Å². The highest BCUT2D eigenvalue weighted by atomic mass is 79.9. The van der Waals surface area contributed by atoms with Crippen molar-refractivity contribution in [3.05, 3.63) is 33.3 Å². The highest BCUT2D eigenvalue weighted by Gasteiger charge is 2.15. The van der Waals surface area contributed by atoms with Gasteiger partial charge in [0.25, 0.3) is 0 Å². The van der Waals surface area contributed by atoms with Crippen LogP contribution in [-0.4, -0.2) is 18.2 Å². The lowest BCUT2D eigenvalue weighted by molar-refractivity contribution is 0.0529. The molecule has 0 atom stereocenters. The third-order valence-electron chi connectivity index (χ3n) is 2.07. The number of halogens is 2. The Balaban J connectivity index is 2.38. The first-order chi connectivity index (χ1) is 9.28. The summed E-state index contributed by atoms with van der Waals surface area (Å²) in [5, 5.41) is 3.25. The molecular formula is C15H17BrClNO2. The first-order valence-corrected chi connectivity index (χ1v) is 7.36. The number of ether oxygens (including phenoxy) is 1. The van der Waals surface area contributed by atoms with E-state index in [1.165, 1.54) is 0 Å². The molecule has 1 aromatic carbocycles. The maximum absolute atomic E-state index is 11.4. The molecule has 1 rings (SSSR count). The van der Waals surface area contributed by atoms with Gasteiger partial charge in [-0.1, -0.05) is 39.4 Å². The number of hydrogen-bond acceptors (Lipinski definition) is 2. The molecule has 0 saturated heterocycles. The van der Waals surface area contributed by atoms with Crippen LogP contribution in [-0.2, 0) is 4.74 Å². The van der Waals surface area contributed by atoms with E-state index in [9.17, 15) is 4.79 Å². The summed E-state index contributed by atoms with van der Waals surface area (Å²) >= 11 is 9.38. The molecule has 1 amide bonds. The molecule has 0 bridgehead atoms. The SMILES string of the molecule is CC(C)(C)OC(=O)NCCC#Cc1ccc(Br)cc1Cl. The molecule has 0 fully saturated rings. The fourth-order valence-corrected chi connectivity index (χ4v) is 2.01. The standard InChI is InChI=1S/C15H17BrClNO2/c1-15(2,3)20-14(19)18-9-5-4-6-11-7-8-12(16)10-13(11)17/h7-8,10H,5,9H2,1-3H3,(H,18,19). The fourth-order valence-electron chi connectivity index (χ4n) is 1.29. The Hall–Kier alpha value is -1.18. The molecule has 1 aromatic rings. The van der Waals surface area contributed by atoms with Gasteiger partial charge in [0.15, 0.2) is 0 Å². The van der Waals surface area contributed by atoms with Crippen molar-refractivity contribution < 1.29 is 9.53 Å². The predicted octanol–water partition coefficient (Wildman–Crippen LogP) is 4.37. The number of benzene rings is 1. The molecule has 0 aliphatic heterocycles. The number of nitrogens with one attached hydrogen (secondary N) is 1. The zero-order valence-corrected chi connectivity index (χ0v) is 14.1. The van der Waals surface area contributed by atoms with Crippen molar-refractivity contribution >= 4 is 33.6 Å². The first-order valence-electron chi connectivity index (χ1n) is 6.19. The van der Waals surface area contributed by atoms with Gasteiger partial charge >= 0.3 is 6.09 Å². The summed E-state index contributed by atoms with van der Waals surface area (Å²) in [5.41, 5.74) is 0.285. The topological polar surface area (TPSA) is 38.3 Å². The summed E-state index contributed by atoms with van der Waals surface area (Å²) in [4.78, 5) is 11.4. The van der Waals surface area contributed by atoms with E-state index in [0.29, 0.717) is 18.0 Å². The minimum atomic E-state index is -0.485. The van der Waals surface area contributed by atoms with Crippen LogP contribution < -0.4 is 5.32 Å². The van der Waals surface area contributed by atoms with Crippen molar-refractivity contribution in [3.8, 4) is 11.8 Å². The molecule has 0 unspecified atom stereocenters. The van der Waals surface area contributed by atoms with Crippen LogP contribution in [0.3, 0.4) is 0 Å². The second-order valence-corrected chi connectivity index (χ2v) is 6.43. The van der Waals surface area contributed by atoms with Gasteiger partial charge < -0.3 is 10.1 Å². The van der Waals surface area contributed by atoms with Crippen LogP contribution in [0.25, 0.3) is 0 Å². The molecule has 108 valence electrons. The molecule has 0 heterocycles. The van der Waals surface area contributed by atoms with Crippen LogP contribution in [0.5, 0.6) is 0 Å². The lowest BCUT2D eigenvalue weighted by Gasteiger charge is -2.19. The number of amides is 1. The second-order valence-electron chi connectivity index (χ2n) is 5.10. The van der Waals surface area contributed by atoms with Crippen molar-refractivity contribution in [2.75, 3.05) is 6.54 Å². The Morgan fingerprint density at radius 3 is 2.75 bits per heavy atom. The maximum Gasteiger partial charge on any atom is 0.407 e. The zero-order chi connectivity index (χ0) is 15.2. The average Bonchev–Trinajstić information content (AvgIpc) is 2.28. The van der Waals surface area contributed by atoms with E-state index in [1.807, 2.05) is 32.9 Å². The van der Waals surface area contributed by atoms with Gasteiger partial charge in [-0.15, -0.1) is 0 Å². The lowest BCUT2D eigenvalue weighted by Crippen LogP contribution is -2.32. The Morgan fingerprint density at radius 2 is 2.15 bits per heavy atom. The smallest absolute Gasteiger partial charge is 0.407 e. The average molecular weight is 359 g/mol. The van der Waals surface area contributed by atoms with Gasteiger partial charge in [-0.3, -0.25) is 0 Å². The summed E-state index contributed by atoms with van der Waals surface area (Å²) in [5.74, 6) is 5.93. The van der Waals surface area contributed by atoms with Crippen LogP contribution in [0.1, 0.15) is 32.8 Å². The number of alkyl carbamates (subject to hydrolysis) is 1. The van der Waals surface area contributed by atoms with Crippen LogP contribution in [0.15, 0.2) is 22.7 Å².